The summed E-state index contributed by atoms with van der Waals surface area (Å²) in [5.41, 5.74) is 0.920. The molecule has 1 fully saturated rings. The van der Waals surface area contributed by atoms with Gasteiger partial charge in [-0.25, -0.2) is 9.97 Å². The van der Waals surface area contributed by atoms with Gasteiger partial charge in [-0.05, 0) is 19.8 Å². The van der Waals surface area contributed by atoms with Crippen molar-refractivity contribution in [3.05, 3.63) is 17.6 Å². The summed E-state index contributed by atoms with van der Waals surface area (Å²) >= 11 is 0. The van der Waals surface area contributed by atoms with Gasteiger partial charge < -0.3 is 14.8 Å². The van der Waals surface area contributed by atoms with E-state index in [1.807, 2.05) is 6.07 Å². The predicted octanol–water partition coefficient (Wildman–Crippen LogP) is 1.95. The Bertz CT molecular complexity index is 354. The molecule has 0 spiro atoms. The fourth-order valence-electron chi connectivity index (χ4n) is 2.14. The van der Waals surface area contributed by atoms with Gasteiger partial charge in [0.25, 0.3) is 0 Å². The van der Waals surface area contributed by atoms with Crippen LogP contribution in [-0.4, -0.2) is 36.8 Å². The molecule has 0 bridgehead atoms. The first-order chi connectivity index (χ1) is 8.83. The van der Waals surface area contributed by atoms with Crippen LogP contribution in [0.1, 0.15) is 37.2 Å². The summed E-state index contributed by atoms with van der Waals surface area (Å²) in [6.45, 7) is 5.00. The van der Waals surface area contributed by atoms with Crippen LogP contribution < -0.4 is 5.32 Å². The Morgan fingerprint density at radius 2 is 2.39 bits per heavy atom. The molecule has 0 aromatic carbocycles. The Kier molecular flexibility index (Phi) is 4.90. The first-order valence-electron chi connectivity index (χ1n) is 6.52. The number of hydrogen-bond donors (Lipinski definition) is 1. The smallest absolute Gasteiger partial charge is 0.136 e. The van der Waals surface area contributed by atoms with E-state index in [1.165, 1.54) is 0 Å². The molecular formula is C13H21N3O2. The van der Waals surface area contributed by atoms with Gasteiger partial charge in [-0.3, -0.25) is 0 Å². The highest BCUT2D eigenvalue weighted by Crippen LogP contribution is 2.24. The summed E-state index contributed by atoms with van der Waals surface area (Å²) in [6, 6.07) is 1.94. The standard InChI is InChI=1S/C13H21N3O2/c1-3-14-12-7-11(9-17-2)15-13(16-12)10-5-4-6-18-8-10/h7,10H,3-6,8-9H2,1-2H3,(H,14,15,16). The number of anilines is 1. The molecular weight excluding hydrogens is 230 g/mol. The molecule has 5 heteroatoms. The fraction of sp³-hybridized carbons (Fsp3) is 0.692. The van der Waals surface area contributed by atoms with Crippen molar-refractivity contribution < 1.29 is 9.47 Å². The molecule has 1 saturated heterocycles. The maximum Gasteiger partial charge on any atom is 0.136 e. The zero-order valence-electron chi connectivity index (χ0n) is 11.1. The number of nitrogens with one attached hydrogen (secondary N) is 1. The number of hydrogen-bond acceptors (Lipinski definition) is 5. The molecule has 0 saturated carbocycles. The summed E-state index contributed by atoms with van der Waals surface area (Å²) in [5, 5.41) is 3.24. The second kappa shape index (κ2) is 6.66. The van der Waals surface area contributed by atoms with Gasteiger partial charge in [0.1, 0.15) is 11.6 Å². The van der Waals surface area contributed by atoms with E-state index in [0.29, 0.717) is 12.5 Å². The molecule has 0 amide bonds. The first-order valence-corrected chi connectivity index (χ1v) is 6.52. The summed E-state index contributed by atoms with van der Waals surface area (Å²) in [5.74, 6) is 2.06. The minimum Gasteiger partial charge on any atom is -0.381 e. The largest absolute Gasteiger partial charge is 0.381 e. The molecule has 1 atom stereocenters. The van der Waals surface area contributed by atoms with Crippen molar-refractivity contribution >= 4 is 5.82 Å². The van der Waals surface area contributed by atoms with Gasteiger partial charge in [0.2, 0.25) is 0 Å². The summed E-state index contributed by atoms with van der Waals surface area (Å²) < 4.78 is 10.7. The van der Waals surface area contributed by atoms with Gasteiger partial charge in [-0.15, -0.1) is 0 Å². The van der Waals surface area contributed by atoms with Crippen molar-refractivity contribution in [2.24, 2.45) is 0 Å². The van der Waals surface area contributed by atoms with Crippen molar-refractivity contribution in [2.75, 3.05) is 32.2 Å². The van der Waals surface area contributed by atoms with Gasteiger partial charge in [0.15, 0.2) is 0 Å². The van der Waals surface area contributed by atoms with E-state index in [-0.39, 0.29) is 0 Å². The van der Waals surface area contributed by atoms with Gasteiger partial charge in [-0.2, -0.15) is 0 Å². The van der Waals surface area contributed by atoms with Crippen LogP contribution in [0.25, 0.3) is 0 Å². The molecule has 0 aliphatic carbocycles. The van der Waals surface area contributed by atoms with E-state index in [2.05, 4.69) is 22.2 Å². The minimum atomic E-state index is 0.313. The van der Waals surface area contributed by atoms with Crippen LogP contribution in [0.5, 0.6) is 0 Å². The molecule has 1 N–H and O–H groups in total. The highest BCUT2D eigenvalue weighted by Gasteiger charge is 2.20. The Morgan fingerprint density at radius 1 is 1.50 bits per heavy atom. The van der Waals surface area contributed by atoms with E-state index in [0.717, 1.165) is 49.9 Å². The quantitative estimate of drug-likeness (QED) is 0.866. The van der Waals surface area contributed by atoms with Gasteiger partial charge >= 0.3 is 0 Å². The second-order valence-corrected chi connectivity index (χ2v) is 4.48. The summed E-state index contributed by atoms with van der Waals surface area (Å²) in [6.07, 6.45) is 2.18. The van der Waals surface area contributed by atoms with Crippen molar-refractivity contribution in [2.45, 2.75) is 32.3 Å². The molecule has 100 valence electrons. The third-order valence-electron chi connectivity index (χ3n) is 2.97. The highest BCUT2D eigenvalue weighted by atomic mass is 16.5. The lowest BCUT2D eigenvalue weighted by atomic mass is 10.0. The normalized spacial score (nSPS) is 19.8. The van der Waals surface area contributed by atoms with Crippen molar-refractivity contribution in [1.82, 2.24) is 9.97 Å². The zero-order chi connectivity index (χ0) is 12.8. The van der Waals surface area contributed by atoms with E-state index in [1.54, 1.807) is 7.11 Å². The molecule has 1 aliphatic heterocycles. The number of rotatable bonds is 5. The van der Waals surface area contributed by atoms with E-state index in [4.69, 9.17) is 9.47 Å². The van der Waals surface area contributed by atoms with Crippen molar-refractivity contribution in [3.63, 3.8) is 0 Å². The minimum absolute atomic E-state index is 0.313. The Labute approximate surface area is 108 Å². The molecule has 0 radical (unpaired) electrons. The number of ether oxygens (including phenoxy) is 2. The highest BCUT2D eigenvalue weighted by molar-refractivity contribution is 5.36. The van der Waals surface area contributed by atoms with Gasteiger partial charge in [0, 0.05) is 32.2 Å². The second-order valence-electron chi connectivity index (χ2n) is 4.48. The van der Waals surface area contributed by atoms with Crippen LogP contribution in [-0.2, 0) is 16.1 Å². The van der Waals surface area contributed by atoms with Gasteiger partial charge in [0.05, 0.1) is 18.9 Å². The van der Waals surface area contributed by atoms with Crippen LogP contribution in [0, 0.1) is 0 Å². The molecule has 1 unspecified atom stereocenters. The molecule has 1 aliphatic rings. The third kappa shape index (κ3) is 3.40. The topological polar surface area (TPSA) is 56.3 Å². The van der Waals surface area contributed by atoms with E-state index >= 15 is 0 Å². The third-order valence-corrected chi connectivity index (χ3v) is 2.97. The van der Waals surface area contributed by atoms with Crippen LogP contribution in [0.3, 0.4) is 0 Å². The van der Waals surface area contributed by atoms with Crippen LogP contribution in [0.2, 0.25) is 0 Å². The zero-order valence-corrected chi connectivity index (χ0v) is 11.1. The van der Waals surface area contributed by atoms with Crippen LogP contribution in [0.4, 0.5) is 5.82 Å². The average molecular weight is 251 g/mol. The molecule has 5 nitrogen and oxygen atoms in total. The first kappa shape index (κ1) is 13.2. The Balaban J connectivity index is 2.20. The molecule has 1 aromatic rings. The monoisotopic (exact) mass is 251 g/mol. The van der Waals surface area contributed by atoms with Gasteiger partial charge in [-0.1, -0.05) is 0 Å². The SMILES string of the molecule is CCNc1cc(COC)nc(C2CCCOC2)n1. The van der Waals surface area contributed by atoms with E-state index in [9.17, 15) is 0 Å². The maximum atomic E-state index is 5.50. The number of nitrogens with zero attached hydrogens (tertiary/aromatic N) is 2. The average Bonchev–Trinajstić information content (AvgIpc) is 2.40. The van der Waals surface area contributed by atoms with E-state index < -0.39 is 0 Å². The van der Waals surface area contributed by atoms with Crippen LogP contribution in [0.15, 0.2) is 6.07 Å². The summed E-state index contributed by atoms with van der Waals surface area (Å²) in [4.78, 5) is 9.14. The summed E-state index contributed by atoms with van der Waals surface area (Å²) in [7, 11) is 1.68. The fourth-order valence-corrected chi connectivity index (χ4v) is 2.14. The predicted molar refractivity (Wildman–Crippen MR) is 69.7 cm³/mol. The lowest BCUT2D eigenvalue weighted by molar-refractivity contribution is 0.0778. The molecule has 2 rings (SSSR count). The van der Waals surface area contributed by atoms with Crippen molar-refractivity contribution in [3.8, 4) is 0 Å². The Hall–Kier alpha value is -1.20. The molecule has 2 heterocycles. The lowest BCUT2D eigenvalue weighted by Crippen LogP contribution is -2.19. The lowest BCUT2D eigenvalue weighted by Gasteiger charge is -2.21. The number of methoxy groups -OCH3 is 1. The molecule has 18 heavy (non-hydrogen) atoms. The van der Waals surface area contributed by atoms with Crippen molar-refractivity contribution in [1.29, 1.82) is 0 Å². The Morgan fingerprint density at radius 3 is 3.06 bits per heavy atom. The maximum absolute atomic E-state index is 5.50. The number of aromatic nitrogens is 2. The molecule has 1 aromatic heterocycles. The van der Waals surface area contributed by atoms with Crippen LogP contribution >= 0.6 is 0 Å².